The van der Waals surface area contributed by atoms with Crippen molar-refractivity contribution in [1.82, 2.24) is 9.97 Å². The maximum atomic E-state index is 5.46. The number of aromatic amines is 1. The van der Waals surface area contributed by atoms with E-state index in [0.717, 1.165) is 10.9 Å². The highest BCUT2D eigenvalue weighted by Gasteiger charge is 1.92. The van der Waals surface area contributed by atoms with E-state index < -0.39 is 0 Å². The number of anilines is 1. The van der Waals surface area contributed by atoms with Gasteiger partial charge in [0.05, 0.1) is 11.7 Å². The van der Waals surface area contributed by atoms with E-state index in [-0.39, 0.29) is 0 Å². The van der Waals surface area contributed by atoms with E-state index in [2.05, 4.69) is 9.97 Å². The molecule has 0 radical (unpaired) electrons. The van der Waals surface area contributed by atoms with Crippen LogP contribution in [0.4, 0.5) is 5.82 Å². The number of nitrogen functional groups attached to an aromatic ring is 1. The quantitative estimate of drug-likeness (QED) is 0.566. The van der Waals surface area contributed by atoms with Crippen LogP contribution in [0.1, 0.15) is 0 Å². The van der Waals surface area contributed by atoms with Crippen molar-refractivity contribution >= 4 is 16.7 Å². The third-order valence-corrected chi connectivity index (χ3v) is 1.46. The van der Waals surface area contributed by atoms with Crippen LogP contribution in [0.5, 0.6) is 0 Å². The van der Waals surface area contributed by atoms with Crippen LogP contribution in [0, 0.1) is 0 Å². The first-order chi connectivity index (χ1) is 4.86. The van der Waals surface area contributed by atoms with E-state index in [4.69, 9.17) is 5.73 Å². The van der Waals surface area contributed by atoms with Crippen molar-refractivity contribution in [2.24, 2.45) is 0 Å². The molecule has 0 saturated carbocycles. The molecule has 0 aliphatic carbocycles. The van der Waals surface area contributed by atoms with Crippen LogP contribution in [0.2, 0.25) is 0 Å². The van der Waals surface area contributed by atoms with E-state index in [0.29, 0.717) is 5.82 Å². The Labute approximate surface area is 57.9 Å². The highest BCUT2D eigenvalue weighted by Crippen LogP contribution is 2.11. The molecule has 0 aromatic carbocycles. The Morgan fingerprint density at radius 3 is 3.30 bits per heavy atom. The largest absolute Gasteiger partial charge is 0.384 e. The lowest BCUT2D eigenvalue weighted by Gasteiger charge is -1.89. The van der Waals surface area contributed by atoms with Gasteiger partial charge in [0.1, 0.15) is 5.82 Å². The number of nitrogens with two attached hydrogens (primary N) is 1. The Bertz CT molecular complexity index is 350. The summed E-state index contributed by atoms with van der Waals surface area (Å²) in [5, 5.41) is 1.10. The lowest BCUT2D eigenvalue weighted by Crippen LogP contribution is -1.87. The molecule has 2 rings (SSSR count). The first-order valence-corrected chi connectivity index (χ1v) is 3.05. The molecule has 2 aromatic rings. The molecular formula is C7H7N3. The third kappa shape index (κ3) is 0.639. The van der Waals surface area contributed by atoms with Gasteiger partial charge in [0.25, 0.3) is 0 Å². The van der Waals surface area contributed by atoms with Crippen LogP contribution in [0.3, 0.4) is 0 Å². The summed E-state index contributed by atoms with van der Waals surface area (Å²) in [5.74, 6) is 0.562. The van der Waals surface area contributed by atoms with Crippen molar-refractivity contribution in [3.05, 3.63) is 24.5 Å². The predicted octanol–water partition coefficient (Wildman–Crippen LogP) is 1.15. The van der Waals surface area contributed by atoms with Crippen molar-refractivity contribution in [3.63, 3.8) is 0 Å². The molecule has 0 atom stereocenters. The second-order valence-electron chi connectivity index (χ2n) is 2.17. The SMILES string of the molecule is Nc1cc2cc[nH]c2cn1. The average Bonchev–Trinajstić information content (AvgIpc) is 2.33. The highest BCUT2D eigenvalue weighted by atomic mass is 14.8. The zero-order chi connectivity index (χ0) is 6.97. The number of fused-ring (bicyclic) bond motifs is 1. The number of hydrogen-bond acceptors (Lipinski definition) is 2. The minimum Gasteiger partial charge on any atom is -0.384 e. The molecule has 0 bridgehead atoms. The van der Waals surface area contributed by atoms with Crippen LogP contribution in [0.15, 0.2) is 24.5 Å². The summed E-state index contributed by atoms with van der Waals surface area (Å²) in [4.78, 5) is 6.95. The molecule has 2 aromatic heterocycles. The van der Waals surface area contributed by atoms with Crippen molar-refractivity contribution in [2.45, 2.75) is 0 Å². The average molecular weight is 133 g/mol. The van der Waals surface area contributed by atoms with E-state index in [1.54, 1.807) is 6.20 Å². The van der Waals surface area contributed by atoms with Gasteiger partial charge < -0.3 is 10.7 Å². The van der Waals surface area contributed by atoms with Gasteiger partial charge >= 0.3 is 0 Å². The zero-order valence-electron chi connectivity index (χ0n) is 5.33. The number of nitrogens with one attached hydrogen (secondary N) is 1. The maximum Gasteiger partial charge on any atom is 0.124 e. The number of H-pyrrole nitrogens is 1. The van der Waals surface area contributed by atoms with Crippen LogP contribution in [-0.2, 0) is 0 Å². The first-order valence-electron chi connectivity index (χ1n) is 3.05. The van der Waals surface area contributed by atoms with Gasteiger partial charge in [-0.25, -0.2) is 4.98 Å². The molecule has 0 aliphatic rings. The Morgan fingerprint density at radius 2 is 2.40 bits per heavy atom. The van der Waals surface area contributed by atoms with Crippen LogP contribution < -0.4 is 5.73 Å². The van der Waals surface area contributed by atoms with Gasteiger partial charge in [0, 0.05) is 11.6 Å². The Balaban J connectivity index is 2.86. The molecule has 0 fully saturated rings. The lowest BCUT2D eigenvalue weighted by atomic mass is 10.3. The van der Waals surface area contributed by atoms with Gasteiger partial charge in [-0.2, -0.15) is 0 Å². The molecule has 0 saturated heterocycles. The van der Waals surface area contributed by atoms with E-state index >= 15 is 0 Å². The van der Waals surface area contributed by atoms with Crippen molar-refractivity contribution in [3.8, 4) is 0 Å². The summed E-state index contributed by atoms with van der Waals surface area (Å²) in [5.41, 5.74) is 6.48. The molecule has 3 heteroatoms. The van der Waals surface area contributed by atoms with E-state index in [1.165, 1.54) is 0 Å². The number of pyridine rings is 1. The minimum atomic E-state index is 0.562. The van der Waals surface area contributed by atoms with Gasteiger partial charge in [-0.15, -0.1) is 0 Å². The lowest BCUT2D eigenvalue weighted by molar-refractivity contribution is 1.34. The summed E-state index contributed by atoms with van der Waals surface area (Å²) in [7, 11) is 0. The molecule has 0 amide bonds. The summed E-state index contributed by atoms with van der Waals surface area (Å²) in [6, 6.07) is 3.80. The van der Waals surface area contributed by atoms with Gasteiger partial charge in [0.15, 0.2) is 0 Å². The van der Waals surface area contributed by atoms with Crippen LogP contribution >= 0.6 is 0 Å². The second-order valence-corrected chi connectivity index (χ2v) is 2.17. The number of rotatable bonds is 0. The predicted molar refractivity (Wildman–Crippen MR) is 40.5 cm³/mol. The van der Waals surface area contributed by atoms with Crippen molar-refractivity contribution < 1.29 is 0 Å². The zero-order valence-corrected chi connectivity index (χ0v) is 5.33. The van der Waals surface area contributed by atoms with Crippen LogP contribution in [0.25, 0.3) is 10.9 Å². The Hall–Kier alpha value is -1.51. The van der Waals surface area contributed by atoms with E-state index in [9.17, 15) is 0 Å². The smallest absolute Gasteiger partial charge is 0.124 e. The van der Waals surface area contributed by atoms with E-state index in [1.807, 2.05) is 18.3 Å². The minimum absolute atomic E-state index is 0.562. The fraction of sp³-hybridized carbons (Fsp3) is 0. The number of hydrogen-bond donors (Lipinski definition) is 2. The molecule has 0 aliphatic heterocycles. The maximum absolute atomic E-state index is 5.46. The Kier molecular flexibility index (Phi) is 0.917. The highest BCUT2D eigenvalue weighted by molar-refractivity contribution is 5.80. The van der Waals surface area contributed by atoms with Gasteiger partial charge in [-0.3, -0.25) is 0 Å². The number of aromatic nitrogens is 2. The summed E-state index contributed by atoms with van der Waals surface area (Å²) in [6.45, 7) is 0. The molecule has 0 spiro atoms. The fourth-order valence-corrected chi connectivity index (χ4v) is 0.968. The standard InChI is InChI=1S/C7H7N3/c8-7-3-5-1-2-9-6(5)4-10-7/h1-4,9H,(H2,8,10). The molecule has 10 heavy (non-hydrogen) atoms. The van der Waals surface area contributed by atoms with Crippen LogP contribution in [-0.4, -0.2) is 9.97 Å². The molecule has 3 nitrogen and oxygen atoms in total. The molecule has 3 N–H and O–H groups in total. The Morgan fingerprint density at radius 1 is 1.50 bits per heavy atom. The fourth-order valence-electron chi connectivity index (χ4n) is 0.968. The summed E-state index contributed by atoms with van der Waals surface area (Å²) < 4.78 is 0. The first kappa shape index (κ1) is 5.29. The second kappa shape index (κ2) is 1.73. The molecule has 50 valence electrons. The van der Waals surface area contributed by atoms with Gasteiger partial charge in [-0.1, -0.05) is 0 Å². The van der Waals surface area contributed by atoms with Crippen molar-refractivity contribution in [1.29, 1.82) is 0 Å². The monoisotopic (exact) mass is 133 g/mol. The van der Waals surface area contributed by atoms with Gasteiger partial charge in [-0.05, 0) is 12.1 Å². The molecule has 0 unspecified atom stereocenters. The number of nitrogens with zero attached hydrogens (tertiary/aromatic N) is 1. The van der Waals surface area contributed by atoms with Crippen molar-refractivity contribution in [2.75, 3.05) is 5.73 Å². The normalized spacial score (nSPS) is 10.4. The topological polar surface area (TPSA) is 54.7 Å². The molecule has 2 heterocycles. The molecular weight excluding hydrogens is 126 g/mol. The summed E-state index contributed by atoms with van der Waals surface area (Å²) in [6.07, 6.45) is 3.59. The summed E-state index contributed by atoms with van der Waals surface area (Å²) >= 11 is 0. The van der Waals surface area contributed by atoms with Gasteiger partial charge in [0.2, 0.25) is 0 Å². The third-order valence-electron chi connectivity index (χ3n) is 1.46.